The van der Waals surface area contributed by atoms with Crippen molar-refractivity contribution in [3.63, 3.8) is 0 Å². The molecule has 0 atom stereocenters. The number of carbonyl (C=O) groups excluding carboxylic acids is 1. The van der Waals surface area contributed by atoms with Gasteiger partial charge in [-0.1, -0.05) is 36.4 Å². The predicted molar refractivity (Wildman–Crippen MR) is 91.1 cm³/mol. The Morgan fingerprint density at radius 2 is 1.87 bits per heavy atom. The van der Waals surface area contributed by atoms with Crippen LogP contribution in [-0.2, 0) is 0 Å². The molecule has 2 aromatic rings. The van der Waals surface area contributed by atoms with Gasteiger partial charge in [-0.25, -0.2) is 4.98 Å². The molecule has 1 saturated carbocycles. The van der Waals surface area contributed by atoms with Crippen LogP contribution in [0.25, 0.3) is 11.3 Å². The quantitative estimate of drug-likeness (QED) is 0.946. The second-order valence-electron chi connectivity index (χ2n) is 5.66. The zero-order valence-electron chi connectivity index (χ0n) is 12.4. The van der Waals surface area contributed by atoms with E-state index in [-0.39, 0.29) is 7.33 Å². The van der Waals surface area contributed by atoms with Crippen molar-refractivity contribution in [3.05, 3.63) is 60.6 Å². The minimum Gasteiger partial charge on any atom is -0.307 e. The molecule has 0 saturated heterocycles. The summed E-state index contributed by atoms with van der Waals surface area (Å²) in [5, 5.41) is 10.9. The summed E-state index contributed by atoms with van der Waals surface area (Å²) >= 11 is 0. The molecule has 2 heterocycles. The molecule has 1 aromatic carbocycles. The third kappa shape index (κ3) is 3.04. The van der Waals surface area contributed by atoms with Crippen LogP contribution in [0.3, 0.4) is 0 Å². The van der Waals surface area contributed by atoms with E-state index in [4.69, 9.17) is 0 Å². The monoisotopic (exact) mass is 305 g/mol. The molecule has 0 bridgehead atoms. The van der Waals surface area contributed by atoms with Gasteiger partial charge in [0.05, 0.1) is 17.8 Å². The van der Waals surface area contributed by atoms with Gasteiger partial charge >= 0.3 is 0 Å². The number of carbonyl (C=O) groups is 1. The van der Waals surface area contributed by atoms with Crippen LogP contribution in [0.4, 0.5) is 0 Å². The van der Waals surface area contributed by atoms with E-state index >= 15 is 0 Å². The summed E-state index contributed by atoms with van der Waals surface area (Å²) in [6, 6.07) is 15.2. The van der Waals surface area contributed by atoms with Crippen LogP contribution in [-0.4, -0.2) is 22.4 Å². The molecular formula is C18H17N4O. The number of aromatic nitrogens is 1. The summed E-state index contributed by atoms with van der Waals surface area (Å²) in [6.07, 6.45) is 4.16. The molecule has 1 fully saturated rings. The number of amides is 1. The van der Waals surface area contributed by atoms with Gasteiger partial charge in [0, 0.05) is 6.99 Å². The smallest absolute Gasteiger partial charge is 0.275 e. The van der Waals surface area contributed by atoms with Gasteiger partial charge in [0.15, 0.2) is 0 Å². The highest BCUT2D eigenvalue weighted by molar-refractivity contribution is 6.22. The minimum atomic E-state index is -0.273. The van der Waals surface area contributed by atoms with E-state index in [0.717, 1.165) is 29.8 Å². The molecule has 115 valence electrons. The Morgan fingerprint density at radius 1 is 1.04 bits per heavy atom. The lowest BCUT2D eigenvalue weighted by atomic mass is 10.1. The summed E-state index contributed by atoms with van der Waals surface area (Å²) in [5.74, 6) is 0.738. The van der Waals surface area contributed by atoms with Crippen LogP contribution in [0.2, 0.25) is 0 Å². The molecule has 23 heavy (non-hydrogen) atoms. The fraction of sp³-hybridized carbons (Fsp3) is 0.167. The van der Waals surface area contributed by atoms with E-state index in [2.05, 4.69) is 20.5 Å². The minimum absolute atomic E-state index is 0. The molecule has 1 aromatic heterocycles. The Hall–Kier alpha value is -2.82. The van der Waals surface area contributed by atoms with Crippen molar-refractivity contribution in [1.82, 2.24) is 10.3 Å². The molecular weight excluding hydrogens is 288 g/mol. The van der Waals surface area contributed by atoms with Crippen LogP contribution in [0.1, 0.15) is 24.8 Å². The third-order valence-corrected chi connectivity index (χ3v) is 3.85. The van der Waals surface area contributed by atoms with Crippen LogP contribution in [0, 0.1) is 12.3 Å². The number of nitrogens with zero attached hydrogens (tertiary/aromatic N) is 3. The topological polar surface area (TPSA) is 66.7 Å². The van der Waals surface area contributed by atoms with Gasteiger partial charge in [-0.15, -0.1) is 5.10 Å². The van der Waals surface area contributed by atoms with Crippen molar-refractivity contribution in [2.75, 3.05) is 0 Å². The number of hydrogen-bond acceptors (Lipinski definition) is 4. The second-order valence-corrected chi connectivity index (χ2v) is 5.66. The molecule has 1 N–H and O–H groups in total. The van der Waals surface area contributed by atoms with Gasteiger partial charge in [-0.2, -0.15) is 5.10 Å². The molecule has 1 aliphatic heterocycles. The van der Waals surface area contributed by atoms with Gasteiger partial charge in [0.1, 0.15) is 11.5 Å². The highest BCUT2D eigenvalue weighted by Gasteiger charge is 2.31. The molecule has 0 unspecified atom stereocenters. The average Bonchev–Trinajstić information content (AvgIpc) is 3.36. The lowest BCUT2D eigenvalue weighted by Gasteiger charge is -2.06. The largest absolute Gasteiger partial charge is 0.307 e. The summed E-state index contributed by atoms with van der Waals surface area (Å²) in [6.45, 7) is 0. The summed E-state index contributed by atoms with van der Waals surface area (Å²) in [7, 11) is 0. The van der Waals surface area contributed by atoms with E-state index in [0.29, 0.717) is 17.4 Å². The van der Waals surface area contributed by atoms with Crippen molar-refractivity contribution in [3.8, 4) is 11.3 Å². The third-order valence-electron chi connectivity index (χ3n) is 3.85. The zero-order valence-corrected chi connectivity index (χ0v) is 12.4. The zero-order chi connectivity index (χ0) is 15.6. The van der Waals surface area contributed by atoms with Crippen LogP contribution in [0.5, 0.6) is 0 Å². The summed E-state index contributed by atoms with van der Waals surface area (Å²) in [5.41, 5.74) is 3.07. The van der Waals surface area contributed by atoms with Crippen molar-refractivity contribution in [2.24, 2.45) is 16.1 Å². The lowest BCUT2D eigenvalue weighted by molar-refractivity contribution is 0.0972. The van der Waals surface area contributed by atoms with Gasteiger partial charge < -0.3 is 5.32 Å². The summed E-state index contributed by atoms with van der Waals surface area (Å²) in [4.78, 5) is 16.8. The van der Waals surface area contributed by atoms with Crippen molar-refractivity contribution in [2.45, 2.75) is 12.8 Å². The SMILES string of the molecule is O=C(NC1=NN=C(C2CC2)[CH]1)c1cccc(-c2ccccc2)n1.[HH]. The van der Waals surface area contributed by atoms with Gasteiger partial charge in [0.2, 0.25) is 0 Å². The lowest BCUT2D eigenvalue weighted by Crippen LogP contribution is -2.31. The number of benzene rings is 1. The van der Waals surface area contributed by atoms with Crippen LogP contribution < -0.4 is 5.32 Å². The fourth-order valence-electron chi connectivity index (χ4n) is 2.46. The highest BCUT2D eigenvalue weighted by atomic mass is 16.2. The number of rotatable bonds is 3. The first-order valence-electron chi connectivity index (χ1n) is 7.64. The van der Waals surface area contributed by atoms with Crippen LogP contribution >= 0.6 is 0 Å². The Balaban J connectivity index is 0.00000169. The van der Waals surface area contributed by atoms with E-state index in [1.807, 2.05) is 48.9 Å². The van der Waals surface area contributed by atoms with E-state index < -0.39 is 0 Å². The van der Waals surface area contributed by atoms with E-state index in [9.17, 15) is 4.79 Å². The number of nitrogens with one attached hydrogen (secondary N) is 1. The maximum atomic E-state index is 12.4. The second kappa shape index (κ2) is 5.76. The molecule has 1 aliphatic carbocycles. The normalized spacial score (nSPS) is 16.7. The van der Waals surface area contributed by atoms with Crippen molar-refractivity contribution < 1.29 is 6.22 Å². The molecule has 1 radical (unpaired) electrons. The average molecular weight is 305 g/mol. The molecule has 0 spiro atoms. The molecule has 2 aliphatic rings. The Morgan fingerprint density at radius 3 is 2.65 bits per heavy atom. The molecule has 5 heteroatoms. The molecule has 4 rings (SSSR count). The van der Waals surface area contributed by atoms with Gasteiger partial charge in [-0.3, -0.25) is 4.79 Å². The Labute approximate surface area is 135 Å². The number of amidine groups is 1. The van der Waals surface area contributed by atoms with Crippen molar-refractivity contribution >= 4 is 17.5 Å². The first kappa shape index (κ1) is 13.8. The van der Waals surface area contributed by atoms with E-state index in [1.54, 1.807) is 6.07 Å². The first-order chi connectivity index (χ1) is 11.3. The van der Waals surface area contributed by atoms with E-state index in [1.165, 1.54) is 0 Å². The van der Waals surface area contributed by atoms with Gasteiger partial charge in [0.25, 0.3) is 5.91 Å². The Bertz CT molecular complexity index is 813. The van der Waals surface area contributed by atoms with Crippen molar-refractivity contribution in [1.29, 1.82) is 0 Å². The Kier molecular flexibility index (Phi) is 3.46. The fourth-order valence-corrected chi connectivity index (χ4v) is 2.46. The summed E-state index contributed by atoms with van der Waals surface area (Å²) < 4.78 is 0. The highest BCUT2D eigenvalue weighted by Crippen LogP contribution is 2.32. The van der Waals surface area contributed by atoms with Gasteiger partial charge in [-0.05, 0) is 30.9 Å². The molecule has 5 nitrogen and oxygen atoms in total. The predicted octanol–water partition coefficient (Wildman–Crippen LogP) is 3.11. The maximum absolute atomic E-state index is 12.4. The maximum Gasteiger partial charge on any atom is 0.275 e. The standard InChI is InChI=1S/C18H15N4O.H2/c23-18(20-17-11-16(21-22-17)13-9-10-13)15-8-4-7-14(19-15)12-5-2-1-3-6-12;/h1-8,11,13H,9-10H2,(H,20,22,23);1H. The number of hydrogen-bond donors (Lipinski definition) is 1. The van der Waals surface area contributed by atoms with Crippen LogP contribution in [0.15, 0.2) is 58.7 Å². The number of pyridine rings is 1. The first-order valence-corrected chi connectivity index (χ1v) is 7.64. The molecule has 1 amide bonds.